The van der Waals surface area contributed by atoms with E-state index < -0.39 is 6.04 Å². The van der Waals surface area contributed by atoms with Gasteiger partial charge >= 0.3 is 0 Å². The molecular formula is C11H17N3O2S. The number of aromatic nitrogens is 1. The highest BCUT2D eigenvalue weighted by Gasteiger charge is 2.24. The van der Waals surface area contributed by atoms with Crippen LogP contribution in [0.3, 0.4) is 0 Å². The van der Waals surface area contributed by atoms with Crippen LogP contribution in [0.25, 0.3) is 0 Å². The fraction of sp³-hybridized carbons (Fsp3) is 0.545. The van der Waals surface area contributed by atoms with Crippen LogP contribution < -0.4 is 10.6 Å². The summed E-state index contributed by atoms with van der Waals surface area (Å²) in [7, 11) is 1.56. The Labute approximate surface area is 105 Å². The van der Waals surface area contributed by atoms with Gasteiger partial charge in [-0.05, 0) is 29.9 Å². The number of nitrogens with zero attached hydrogens (tertiary/aromatic N) is 1. The Kier molecular flexibility index (Phi) is 4.62. The molecule has 0 aliphatic rings. The van der Waals surface area contributed by atoms with Gasteiger partial charge in [-0.2, -0.15) is 0 Å². The summed E-state index contributed by atoms with van der Waals surface area (Å²) >= 11 is 1.14. The summed E-state index contributed by atoms with van der Waals surface area (Å²) < 4.78 is 3.94. The summed E-state index contributed by atoms with van der Waals surface area (Å²) in [4.78, 5) is 24.1. The molecule has 1 aromatic heterocycles. The Morgan fingerprint density at radius 2 is 2.06 bits per heavy atom. The van der Waals surface area contributed by atoms with Gasteiger partial charge in [0, 0.05) is 13.2 Å². The molecule has 1 rings (SSSR count). The molecule has 2 amide bonds. The van der Waals surface area contributed by atoms with Crippen molar-refractivity contribution in [2.45, 2.75) is 26.8 Å². The third kappa shape index (κ3) is 3.26. The van der Waals surface area contributed by atoms with Crippen molar-refractivity contribution in [3.63, 3.8) is 0 Å². The van der Waals surface area contributed by atoms with Gasteiger partial charge in [0.25, 0.3) is 5.91 Å². The van der Waals surface area contributed by atoms with E-state index in [2.05, 4.69) is 15.0 Å². The average molecular weight is 255 g/mol. The lowest BCUT2D eigenvalue weighted by Gasteiger charge is -2.20. The van der Waals surface area contributed by atoms with E-state index in [0.29, 0.717) is 4.88 Å². The van der Waals surface area contributed by atoms with Crippen LogP contribution in [0.4, 0.5) is 0 Å². The van der Waals surface area contributed by atoms with Gasteiger partial charge in [-0.1, -0.05) is 13.8 Å². The molecule has 0 radical (unpaired) electrons. The molecule has 0 saturated carbocycles. The van der Waals surface area contributed by atoms with Gasteiger partial charge in [-0.15, -0.1) is 0 Å². The zero-order valence-electron chi connectivity index (χ0n) is 10.4. The Morgan fingerprint density at radius 1 is 1.41 bits per heavy atom. The van der Waals surface area contributed by atoms with Gasteiger partial charge in [0.2, 0.25) is 5.91 Å². The lowest BCUT2D eigenvalue weighted by Crippen LogP contribution is -2.48. The molecule has 0 unspecified atom stereocenters. The predicted octanol–water partition coefficient (Wildman–Crippen LogP) is 0.952. The second-order valence-electron chi connectivity index (χ2n) is 4.15. The van der Waals surface area contributed by atoms with Gasteiger partial charge in [-0.3, -0.25) is 9.59 Å². The first-order valence-corrected chi connectivity index (χ1v) is 6.18. The third-order valence-electron chi connectivity index (χ3n) is 2.44. The Hall–Kier alpha value is -1.43. The molecule has 1 heterocycles. The fourth-order valence-corrected chi connectivity index (χ4v) is 2.06. The van der Waals surface area contributed by atoms with Crippen molar-refractivity contribution in [1.82, 2.24) is 15.0 Å². The van der Waals surface area contributed by atoms with Crippen LogP contribution in [0, 0.1) is 12.8 Å². The molecule has 0 bridgehead atoms. The highest BCUT2D eigenvalue weighted by atomic mass is 32.1. The Morgan fingerprint density at radius 3 is 2.47 bits per heavy atom. The summed E-state index contributed by atoms with van der Waals surface area (Å²) in [5, 5.41) is 5.28. The maximum Gasteiger partial charge on any atom is 0.263 e. The minimum atomic E-state index is -0.519. The second-order valence-corrected chi connectivity index (χ2v) is 4.95. The molecule has 0 spiro atoms. The molecule has 94 valence electrons. The SMILES string of the molecule is CNC(=O)[C@@H](NC(=O)c1sncc1C)C(C)C. The number of likely N-dealkylation sites (N-methyl/N-ethyl adjacent to an activating group) is 1. The molecule has 0 aromatic carbocycles. The quantitative estimate of drug-likeness (QED) is 0.841. The normalized spacial score (nSPS) is 12.3. The molecule has 1 aromatic rings. The lowest BCUT2D eigenvalue weighted by molar-refractivity contribution is -0.123. The number of hydrogen-bond donors (Lipinski definition) is 2. The molecule has 17 heavy (non-hydrogen) atoms. The second kappa shape index (κ2) is 5.77. The van der Waals surface area contributed by atoms with E-state index in [1.54, 1.807) is 13.2 Å². The monoisotopic (exact) mass is 255 g/mol. The van der Waals surface area contributed by atoms with E-state index >= 15 is 0 Å². The van der Waals surface area contributed by atoms with Crippen molar-refractivity contribution in [1.29, 1.82) is 0 Å². The van der Waals surface area contributed by atoms with Crippen LogP contribution in [0.15, 0.2) is 6.20 Å². The maximum atomic E-state index is 11.9. The number of rotatable bonds is 4. The summed E-state index contributed by atoms with van der Waals surface area (Å²) in [6.45, 7) is 5.60. The highest BCUT2D eigenvalue weighted by molar-refractivity contribution is 7.08. The fourth-order valence-electron chi connectivity index (χ4n) is 1.41. The van der Waals surface area contributed by atoms with Crippen LogP contribution in [0.5, 0.6) is 0 Å². The number of nitrogens with one attached hydrogen (secondary N) is 2. The Bertz CT molecular complexity index is 415. The van der Waals surface area contributed by atoms with Crippen molar-refractivity contribution in [3.8, 4) is 0 Å². The standard InChI is InChI=1S/C11H17N3O2S/c1-6(2)8(10(15)12-4)14-11(16)9-7(3)5-13-17-9/h5-6,8H,1-4H3,(H,12,15)(H,14,16)/t8-/m0/s1. The zero-order valence-corrected chi connectivity index (χ0v) is 11.2. The number of amides is 2. The van der Waals surface area contributed by atoms with E-state index in [-0.39, 0.29) is 17.7 Å². The van der Waals surface area contributed by atoms with Crippen LogP contribution >= 0.6 is 11.5 Å². The number of carbonyl (C=O) groups excluding carboxylic acids is 2. The van der Waals surface area contributed by atoms with Crippen molar-refractivity contribution in [2.75, 3.05) is 7.05 Å². The van der Waals surface area contributed by atoms with Crippen LogP contribution in [0.2, 0.25) is 0 Å². The van der Waals surface area contributed by atoms with Crippen molar-refractivity contribution in [2.24, 2.45) is 5.92 Å². The molecule has 5 nitrogen and oxygen atoms in total. The van der Waals surface area contributed by atoms with Crippen molar-refractivity contribution >= 4 is 23.3 Å². The molecule has 0 saturated heterocycles. The van der Waals surface area contributed by atoms with Gasteiger partial charge < -0.3 is 10.6 Å². The number of carbonyl (C=O) groups is 2. The molecule has 0 aliphatic carbocycles. The van der Waals surface area contributed by atoms with Crippen molar-refractivity contribution in [3.05, 3.63) is 16.6 Å². The van der Waals surface area contributed by atoms with Crippen LogP contribution in [-0.2, 0) is 4.79 Å². The van der Waals surface area contributed by atoms with Crippen molar-refractivity contribution < 1.29 is 9.59 Å². The minimum absolute atomic E-state index is 0.0344. The van der Waals surface area contributed by atoms with E-state index in [1.807, 2.05) is 20.8 Å². The van der Waals surface area contributed by atoms with Crippen LogP contribution in [-0.4, -0.2) is 29.3 Å². The molecule has 1 atom stereocenters. The summed E-state index contributed by atoms with van der Waals surface area (Å²) in [5.74, 6) is -0.394. The Balaban J connectivity index is 2.78. The van der Waals surface area contributed by atoms with Gasteiger partial charge in [0.1, 0.15) is 10.9 Å². The zero-order chi connectivity index (χ0) is 13.0. The number of hydrogen-bond acceptors (Lipinski definition) is 4. The largest absolute Gasteiger partial charge is 0.357 e. The molecular weight excluding hydrogens is 238 g/mol. The first kappa shape index (κ1) is 13.6. The lowest BCUT2D eigenvalue weighted by atomic mass is 10.0. The summed E-state index contributed by atoms with van der Waals surface area (Å²) in [5.41, 5.74) is 0.826. The minimum Gasteiger partial charge on any atom is -0.357 e. The maximum absolute atomic E-state index is 11.9. The van der Waals surface area contributed by atoms with E-state index in [9.17, 15) is 9.59 Å². The van der Waals surface area contributed by atoms with Gasteiger partial charge in [0.15, 0.2) is 0 Å². The molecule has 6 heteroatoms. The molecule has 2 N–H and O–H groups in total. The van der Waals surface area contributed by atoms with Gasteiger partial charge in [-0.25, -0.2) is 4.37 Å². The average Bonchev–Trinajstić information content (AvgIpc) is 2.70. The van der Waals surface area contributed by atoms with E-state index in [4.69, 9.17) is 0 Å². The van der Waals surface area contributed by atoms with E-state index in [1.165, 1.54) is 0 Å². The highest BCUT2D eigenvalue weighted by Crippen LogP contribution is 2.13. The predicted molar refractivity (Wildman–Crippen MR) is 67.0 cm³/mol. The summed E-state index contributed by atoms with van der Waals surface area (Å²) in [6, 6.07) is -0.519. The number of aryl methyl sites for hydroxylation is 1. The van der Waals surface area contributed by atoms with Crippen LogP contribution in [0.1, 0.15) is 29.1 Å². The van der Waals surface area contributed by atoms with E-state index in [0.717, 1.165) is 17.1 Å². The smallest absolute Gasteiger partial charge is 0.263 e. The third-order valence-corrected chi connectivity index (χ3v) is 3.34. The first-order valence-electron chi connectivity index (χ1n) is 5.41. The topological polar surface area (TPSA) is 71.1 Å². The first-order chi connectivity index (χ1) is 7.97. The molecule has 0 fully saturated rings. The van der Waals surface area contributed by atoms with Gasteiger partial charge in [0.05, 0.1) is 0 Å². The molecule has 0 aliphatic heterocycles. The summed E-state index contributed by atoms with van der Waals surface area (Å²) in [6.07, 6.45) is 1.64.